The fourth-order valence-electron chi connectivity index (χ4n) is 1.95. The van der Waals surface area contributed by atoms with Crippen LogP contribution in [0.2, 0.25) is 0 Å². The van der Waals surface area contributed by atoms with E-state index in [0.717, 1.165) is 0 Å². The van der Waals surface area contributed by atoms with Gasteiger partial charge in [0.25, 0.3) is 0 Å². The number of carbonyl (C=O) groups excluding carboxylic acids is 1. The van der Waals surface area contributed by atoms with Gasteiger partial charge in [-0.3, -0.25) is 4.79 Å². The van der Waals surface area contributed by atoms with Crippen LogP contribution in [0.25, 0.3) is 0 Å². The lowest BCUT2D eigenvalue weighted by atomic mass is 9.99. The van der Waals surface area contributed by atoms with E-state index in [-0.39, 0.29) is 11.1 Å². The molecule has 19 heavy (non-hydrogen) atoms. The molecule has 0 bridgehead atoms. The minimum Gasteiger partial charge on any atom is -0.354 e. The molecule has 0 aliphatic rings. The summed E-state index contributed by atoms with van der Waals surface area (Å²) in [4.78, 5) is 14.5. The summed E-state index contributed by atoms with van der Waals surface area (Å²) in [6, 6.07) is 7.95. The maximum atomic E-state index is 12.9. The number of aryl methyl sites for hydroxylation is 1. The Bertz CT molecular complexity index is 612. The van der Waals surface area contributed by atoms with Crippen molar-refractivity contribution < 1.29 is 18.0 Å². The number of hydrogen-bond acceptors (Lipinski definition) is 1. The Kier molecular flexibility index (Phi) is 3.22. The fourth-order valence-corrected chi connectivity index (χ4v) is 1.95. The molecule has 0 fully saturated rings. The molecule has 1 N–H and O–H groups in total. The molecule has 0 saturated heterocycles. The second kappa shape index (κ2) is 4.57. The number of carbonyl (C=O) groups is 1. The van der Waals surface area contributed by atoms with Crippen molar-refractivity contribution in [1.29, 1.82) is 0 Å². The highest BCUT2D eigenvalue weighted by Crippen LogP contribution is 2.34. The van der Waals surface area contributed by atoms with Crippen molar-refractivity contribution in [2.24, 2.45) is 0 Å². The van der Waals surface area contributed by atoms with Gasteiger partial charge in [0.2, 0.25) is 0 Å². The molecule has 0 spiro atoms. The summed E-state index contributed by atoms with van der Waals surface area (Å²) < 4.78 is 38.8. The van der Waals surface area contributed by atoms with Crippen LogP contribution in [-0.4, -0.2) is 10.8 Å². The zero-order chi connectivity index (χ0) is 14.2. The first kappa shape index (κ1) is 13.4. The summed E-state index contributed by atoms with van der Waals surface area (Å²) in [5.41, 5.74) is -0.338. The molecule has 2 nitrogen and oxygen atoms in total. The van der Waals surface area contributed by atoms with Gasteiger partial charge in [0, 0.05) is 11.3 Å². The molecule has 0 atom stereocenters. The fraction of sp³-hybridized carbons (Fsp3) is 0.214. The van der Waals surface area contributed by atoms with Crippen molar-refractivity contribution >= 4 is 5.78 Å². The largest absolute Gasteiger partial charge is 0.431 e. The zero-order valence-corrected chi connectivity index (χ0v) is 10.4. The standard InChI is InChI=1S/C14H12F3NO/c1-8-9(2)18-13(14(15,16)17)11(8)12(19)10-6-4-3-5-7-10/h3-7,18H,1-2H3. The molecule has 2 rings (SSSR count). The number of ketones is 1. The number of aromatic nitrogens is 1. The minimum atomic E-state index is -4.57. The average molecular weight is 267 g/mol. The molecule has 0 amide bonds. The average Bonchev–Trinajstić information content (AvgIpc) is 2.66. The van der Waals surface area contributed by atoms with Crippen molar-refractivity contribution in [3.05, 3.63) is 58.4 Å². The van der Waals surface area contributed by atoms with Crippen molar-refractivity contribution in [2.45, 2.75) is 20.0 Å². The zero-order valence-electron chi connectivity index (χ0n) is 10.4. The van der Waals surface area contributed by atoms with Crippen LogP contribution in [0.3, 0.4) is 0 Å². The predicted molar refractivity (Wildman–Crippen MR) is 65.1 cm³/mol. The second-order valence-electron chi connectivity index (χ2n) is 4.32. The Morgan fingerprint density at radius 3 is 2.21 bits per heavy atom. The smallest absolute Gasteiger partial charge is 0.354 e. The van der Waals surface area contributed by atoms with Crippen LogP contribution in [0, 0.1) is 13.8 Å². The predicted octanol–water partition coefficient (Wildman–Crippen LogP) is 3.88. The van der Waals surface area contributed by atoms with Gasteiger partial charge in [-0.1, -0.05) is 30.3 Å². The van der Waals surface area contributed by atoms with Gasteiger partial charge >= 0.3 is 6.18 Å². The molecule has 0 aliphatic heterocycles. The summed E-state index contributed by atoms with van der Waals surface area (Å²) in [6.45, 7) is 3.03. The van der Waals surface area contributed by atoms with Gasteiger partial charge < -0.3 is 4.98 Å². The normalized spacial score (nSPS) is 11.6. The lowest BCUT2D eigenvalue weighted by Crippen LogP contribution is -2.13. The van der Waals surface area contributed by atoms with E-state index >= 15 is 0 Å². The number of nitrogens with one attached hydrogen (secondary N) is 1. The van der Waals surface area contributed by atoms with Crippen LogP contribution in [-0.2, 0) is 6.18 Å². The molecule has 1 aromatic heterocycles. The third-order valence-corrected chi connectivity index (χ3v) is 3.05. The summed E-state index contributed by atoms with van der Waals surface area (Å²) >= 11 is 0. The van der Waals surface area contributed by atoms with Gasteiger partial charge in [-0.25, -0.2) is 0 Å². The maximum Gasteiger partial charge on any atom is 0.431 e. The van der Waals surface area contributed by atoms with E-state index in [4.69, 9.17) is 0 Å². The Morgan fingerprint density at radius 1 is 1.11 bits per heavy atom. The molecule has 0 saturated carbocycles. The van der Waals surface area contributed by atoms with Crippen LogP contribution < -0.4 is 0 Å². The Labute approximate surface area is 108 Å². The van der Waals surface area contributed by atoms with E-state index in [1.165, 1.54) is 26.0 Å². The van der Waals surface area contributed by atoms with Crippen molar-refractivity contribution in [3.63, 3.8) is 0 Å². The third-order valence-electron chi connectivity index (χ3n) is 3.05. The van der Waals surface area contributed by atoms with Crippen LogP contribution in [0.15, 0.2) is 30.3 Å². The van der Waals surface area contributed by atoms with E-state index in [9.17, 15) is 18.0 Å². The summed E-state index contributed by atoms with van der Waals surface area (Å²) in [5.74, 6) is -0.616. The van der Waals surface area contributed by atoms with Gasteiger partial charge in [-0.05, 0) is 19.4 Å². The first-order valence-electron chi connectivity index (χ1n) is 5.68. The molecule has 1 heterocycles. The molecule has 2 aromatic rings. The van der Waals surface area contributed by atoms with Crippen molar-refractivity contribution in [1.82, 2.24) is 4.98 Å². The van der Waals surface area contributed by atoms with Gasteiger partial charge in [0.1, 0.15) is 5.69 Å². The van der Waals surface area contributed by atoms with E-state index in [2.05, 4.69) is 4.98 Å². The number of halogens is 3. The van der Waals surface area contributed by atoms with Gasteiger partial charge in [-0.2, -0.15) is 13.2 Å². The van der Waals surface area contributed by atoms with E-state index in [1.54, 1.807) is 18.2 Å². The van der Waals surface area contributed by atoms with Gasteiger partial charge in [0.05, 0.1) is 5.56 Å². The third kappa shape index (κ3) is 2.41. The van der Waals surface area contributed by atoms with E-state index in [0.29, 0.717) is 11.3 Å². The highest BCUT2D eigenvalue weighted by atomic mass is 19.4. The quantitative estimate of drug-likeness (QED) is 0.823. The topological polar surface area (TPSA) is 32.9 Å². The lowest BCUT2D eigenvalue weighted by Gasteiger charge is -2.08. The molecule has 5 heteroatoms. The number of H-pyrrole nitrogens is 1. The van der Waals surface area contributed by atoms with Crippen LogP contribution >= 0.6 is 0 Å². The first-order valence-corrected chi connectivity index (χ1v) is 5.68. The number of rotatable bonds is 2. The monoisotopic (exact) mass is 267 g/mol. The molecule has 0 aliphatic carbocycles. The van der Waals surface area contributed by atoms with Crippen molar-refractivity contribution in [2.75, 3.05) is 0 Å². The van der Waals surface area contributed by atoms with Crippen LogP contribution in [0.4, 0.5) is 13.2 Å². The summed E-state index contributed by atoms with van der Waals surface area (Å²) in [5, 5.41) is 0. The summed E-state index contributed by atoms with van der Waals surface area (Å²) in [7, 11) is 0. The first-order chi connectivity index (χ1) is 8.82. The van der Waals surface area contributed by atoms with Crippen LogP contribution in [0.5, 0.6) is 0 Å². The number of hydrogen-bond donors (Lipinski definition) is 1. The molecular weight excluding hydrogens is 255 g/mol. The number of aromatic amines is 1. The van der Waals surface area contributed by atoms with E-state index in [1.807, 2.05) is 0 Å². The Morgan fingerprint density at radius 2 is 1.68 bits per heavy atom. The van der Waals surface area contributed by atoms with Crippen LogP contribution in [0.1, 0.15) is 32.9 Å². The number of benzene rings is 1. The highest BCUT2D eigenvalue weighted by molar-refractivity contribution is 6.11. The highest BCUT2D eigenvalue weighted by Gasteiger charge is 2.38. The Balaban J connectivity index is 2.60. The second-order valence-corrected chi connectivity index (χ2v) is 4.32. The molecule has 0 unspecified atom stereocenters. The van der Waals surface area contributed by atoms with Crippen molar-refractivity contribution in [3.8, 4) is 0 Å². The lowest BCUT2D eigenvalue weighted by molar-refractivity contribution is -0.141. The SMILES string of the molecule is Cc1[nH]c(C(F)(F)F)c(C(=O)c2ccccc2)c1C. The summed E-state index contributed by atoms with van der Waals surface area (Å²) in [6.07, 6.45) is -4.57. The number of alkyl halides is 3. The molecule has 100 valence electrons. The van der Waals surface area contributed by atoms with Gasteiger partial charge in [0.15, 0.2) is 5.78 Å². The van der Waals surface area contributed by atoms with Gasteiger partial charge in [-0.15, -0.1) is 0 Å². The maximum absolute atomic E-state index is 12.9. The molecule has 0 radical (unpaired) electrons. The minimum absolute atomic E-state index is 0.245. The molecular formula is C14H12F3NO. The van der Waals surface area contributed by atoms with E-state index < -0.39 is 17.7 Å². The Hall–Kier alpha value is -2.04. The molecule has 1 aromatic carbocycles.